The molecule has 1 fully saturated rings. The minimum atomic E-state index is -0.482. The summed E-state index contributed by atoms with van der Waals surface area (Å²) in [5.41, 5.74) is 1.79. The number of nitrogens with one attached hydrogen (secondary N) is 1. The van der Waals surface area contributed by atoms with Crippen LogP contribution in [0, 0.1) is 6.92 Å². The summed E-state index contributed by atoms with van der Waals surface area (Å²) < 4.78 is 16.6. The fourth-order valence-corrected chi connectivity index (χ4v) is 3.72. The first-order chi connectivity index (χ1) is 14.8. The number of halogens is 1. The Hall–Kier alpha value is -1.75. The summed E-state index contributed by atoms with van der Waals surface area (Å²) >= 11 is 0. The third-order valence-corrected chi connectivity index (χ3v) is 5.27. The summed E-state index contributed by atoms with van der Waals surface area (Å²) in [5, 5.41) is 3.48. The molecule has 9 heteroatoms. The number of nitrogens with zero attached hydrogens (tertiary/aromatic N) is 3. The molecule has 1 N–H and O–H groups in total. The number of amides is 1. The molecule has 2 heterocycles. The summed E-state index contributed by atoms with van der Waals surface area (Å²) in [6, 6.07) is 6.45. The van der Waals surface area contributed by atoms with E-state index >= 15 is 0 Å². The van der Waals surface area contributed by atoms with Crippen molar-refractivity contribution < 1.29 is 19.0 Å². The average Bonchev–Trinajstić information content (AvgIpc) is 3.11. The normalized spacial score (nSPS) is 17.9. The number of fused-ring (bicyclic) bond motifs is 1. The van der Waals surface area contributed by atoms with Gasteiger partial charge in [-0.3, -0.25) is 4.99 Å². The van der Waals surface area contributed by atoms with Crippen LogP contribution in [0.1, 0.15) is 38.3 Å². The standard InChI is InChI=1S/C23H36N4O4.HI/c1-17-7-8-18(20(13-17)30-12-6-11-29-5)14-24-21-25-15-19-16-26(9-10-27(19)21)22(28)31-23(2,3)4;/h7-8,13,19H,6,9-12,14-16H2,1-5H3,(H,24,25);1H. The van der Waals surface area contributed by atoms with Crippen molar-refractivity contribution in [3.63, 3.8) is 0 Å². The maximum atomic E-state index is 12.4. The zero-order chi connectivity index (χ0) is 22.4. The number of rotatable bonds is 7. The molecule has 1 unspecified atom stereocenters. The van der Waals surface area contributed by atoms with Crippen LogP contribution in [-0.4, -0.2) is 80.0 Å². The Bertz CT molecular complexity index is 797. The van der Waals surface area contributed by atoms with Crippen LogP contribution in [-0.2, 0) is 16.0 Å². The van der Waals surface area contributed by atoms with Gasteiger partial charge in [-0.25, -0.2) is 4.79 Å². The SMILES string of the molecule is COCCCOc1cc(C)ccc1CNC1=NCC2CN(C(=O)OC(C)(C)C)CCN12.I. The van der Waals surface area contributed by atoms with Gasteiger partial charge in [-0.05, 0) is 39.3 Å². The number of aryl methyl sites for hydroxylation is 1. The van der Waals surface area contributed by atoms with Crippen LogP contribution in [0.2, 0.25) is 0 Å². The summed E-state index contributed by atoms with van der Waals surface area (Å²) in [6.07, 6.45) is 0.608. The summed E-state index contributed by atoms with van der Waals surface area (Å²) in [5.74, 6) is 1.79. The van der Waals surface area contributed by atoms with E-state index in [9.17, 15) is 4.79 Å². The van der Waals surface area contributed by atoms with Crippen LogP contribution in [0.3, 0.4) is 0 Å². The van der Waals surface area contributed by atoms with Gasteiger partial charge >= 0.3 is 6.09 Å². The monoisotopic (exact) mass is 560 g/mol. The van der Waals surface area contributed by atoms with Crippen molar-refractivity contribution in [3.8, 4) is 5.75 Å². The van der Waals surface area contributed by atoms with Crippen LogP contribution < -0.4 is 10.1 Å². The lowest BCUT2D eigenvalue weighted by atomic mass is 10.1. The number of benzene rings is 1. The van der Waals surface area contributed by atoms with Crippen molar-refractivity contribution in [3.05, 3.63) is 29.3 Å². The average molecular weight is 560 g/mol. The molecule has 0 spiro atoms. The highest BCUT2D eigenvalue weighted by Gasteiger charge is 2.36. The number of hydrogen-bond acceptors (Lipinski definition) is 7. The van der Waals surface area contributed by atoms with E-state index in [2.05, 4.69) is 35.3 Å². The molecule has 2 aliphatic heterocycles. The number of guanidine groups is 1. The van der Waals surface area contributed by atoms with Gasteiger partial charge in [0.2, 0.25) is 0 Å². The molecule has 1 saturated heterocycles. The van der Waals surface area contributed by atoms with Gasteiger partial charge in [-0.1, -0.05) is 12.1 Å². The van der Waals surface area contributed by atoms with Crippen molar-refractivity contribution in [2.75, 3.05) is 46.5 Å². The third-order valence-electron chi connectivity index (χ3n) is 5.27. The lowest BCUT2D eigenvalue weighted by Crippen LogP contribution is -2.57. The van der Waals surface area contributed by atoms with E-state index in [4.69, 9.17) is 19.2 Å². The minimum absolute atomic E-state index is 0. The van der Waals surface area contributed by atoms with Gasteiger partial charge in [-0.15, -0.1) is 24.0 Å². The van der Waals surface area contributed by atoms with Crippen molar-refractivity contribution in [2.45, 2.75) is 52.3 Å². The molecule has 1 amide bonds. The van der Waals surface area contributed by atoms with Gasteiger partial charge in [0.15, 0.2) is 5.96 Å². The van der Waals surface area contributed by atoms with Crippen LogP contribution in [0.4, 0.5) is 4.79 Å². The molecular weight excluding hydrogens is 523 g/mol. The Kier molecular flexibility index (Phi) is 9.87. The highest BCUT2D eigenvalue weighted by Crippen LogP contribution is 2.22. The highest BCUT2D eigenvalue weighted by atomic mass is 127. The van der Waals surface area contributed by atoms with E-state index < -0.39 is 5.60 Å². The Balaban J connectivity index is 0.00000363. The van der Waals surface area contributed by atoms with E-state index in [1.807, 2.05) is 20.8 Å². The van der Waals surface area contributed by atoms with Crippen molar-refractivity contribution in [1.29, 1.82) is 0 Å². The molecule has 0 saturated carbocycles. The predicted molar refractivity (Wildman–Crippen MR) is 136 cm³/mol. The van der Waals surface area contributed by atoms with Gasteiger partial charge in [0.25, 0.3) is 0 Å². The maximum Gasteiger partial charge on any atom is 0.410 e. The summed E-state index contributed by atoms with van der Waals surface area (Å²) in [6.45, 7) is 12.4. The molecule has 0 aromatic heterocycles. The Morgan fingerprint density at radius 3 is 2.75 bits per heavy atom. The lowest BCUT2D eigenvalue weighted by molar-refractivity contribution is 0.0137. The Morgan fingerprint density at radius 1 is 1.25 bits per heavy atom. The van der Waals surface area contributed by atoms with Crippen LogP contribution in [0.25, 0.3) is 0 Å². The number of carbonyl (C=O) groups excluding carboxylic acids is 1. The van der Waals surface area contributed by atoms with Gasteiger partial charge < -0.3 is 29.3 Å². The quantitative estimate of drug-likeness (QED) is 0.407. The van der Waals surface area contributed by atoms with Crippen LogP contribution in [0.5, 0.6) is 5.75 Å². The van der Waals surface area contributed by atoms with Gasteiger partial charge in [0, 0.05) is 51.9 Å². The van der Waals surface area contributed by atoms with Crippen molar-refractivity contribution in [1.82, 2.24) is 15.1 Å². The number of carbonyl (C=O) groups is 1. The minimum Gasteiger partial charge on any atom is -0.493 e. The molecule has 3 rings (SSSR count). The zero-order valence-electron chi connectivity index (χ0n) is 19.8. The number of aliphatic imine (C=N–C) groups is 1. The van der Waals surface area contributed by atoms with E-state index in [1.54, 1.807) is 12.0 Å². The maximum absolute atomic E-state index is 12.4. The fourth-order valence-electron chi connectivity index (χ4n) is 3.72. The topological polar surface area (TPSA) is 75.6 Å². The molecule has 8 nitrogen and oxygen atoms in total. The number of hydrogen-bond donors (Lipinski definition) is 1. The number of methoxy groups -OCH3 is 1. The van der Waals surface area contributed by atoms with E-state index in [0.29, 0.717) is 39.4 Å². The second kappa shape index (κ2) is 11.9. The van der Waals surface area contributed by atoms with E-state index in [1.165, 1.54) is 5.56 Å². The fraction of sp³-hybridized carbons (Fsp3) is 0.652. The smallest absolute Gasteiger partial charge is 0.410 e. The molecule has 180 valence electrons. The second-order valence-corrected chi connectivity index (χ2v) is 9.10. The molecular formula is C23H37IN4O4. The van der Waals surface area contributed by atoms with Crippen LogP contribution >= 0.6 is 24.0 Å². The second-order valence-electron chi connectivity index (χ2n) is 9.10. The predicted octanol–water partition coefficient (Wildman–Crippen LogP) is 3.41. The molecule has 0 aliphatic carbocycles. The first-order valence-electron chi connectivity index (χ1n) is 11.0. The summed E-state index contributed by atoms with van der Waals surface area (Å²) in [4.78, 5) is 21.1. The van der Waals surface area contributed by atoms with Gasteiger partial charge in [-0.2, -0.15) is 0 Å². The van der Waals surface area contributed by atoms with Crippen molar-refractivity contribution in [2.24, 2.45) is 4.99 Å². The molecule has 32 heavy (non-hydrogen) atoms. The Labute approximate surface area is 208 Å². The molecule has 0 bridgehead atoms. The highest BCUT2D eigenvalue weighted by molar-refractivity contribution is 14.0. The number of ether oxygens (including phenoxy) is 3. The number of piperazine rings is 1. The van der Waals surface area contributed by atoms with Gasteiger partial charge in [0.05, 0.1) is 19.2 Å². The zero-order valence-corrected chi connectivity index (χ0v) is 22.2. The summed E-state index contributed by atoms with van der Waals surface area (Å²) in [7, 11) is 1.70. The third kappa shape index (κ3) is 7.40. The lowest BCUT2D eigenvalue weighted by Gasteiger charge is -2.39. The molecule has 1 aromatic carbocycles. The Morgan fingerprint density at radius 2 is 2.03 bits per heavy atom. The van der Waals surface area contributed by atoms with E-state index in [0.717, 1.165) is 30.2 Å². The first kappa shape index (κ1) is 26.5. The van der Waals surface area contributed by atoms with Crippen LogP contribution in [0.15, 0.2) is 23.2 Å². The molecule has 2 aliphatic rings. The first-order valence-corrected chi connectivity index (χ1v) is 11.0. The molecule has 1 atom stereocenters. The molecule has 1 aromatic rings. The van der Waals surface area contributed by atoms with Crippen molar-refractivity contribution >= 4 is 36.0 Å². The largest absolute Gasteiger partial charge is 0.493 e. The van der Waals surface area contributed by atoms with E-state index in [-0.39, 0.29) is 36.1 Å². The van der Waals surface area contributed by atoms with Gasteiger partial charge in [0.1, 0.15) is 11.4 Å². The molecule has 0 radical (unpaired) electrons.